The van der Waals surface area contributed by atoms with Crippen molar-refractivity contribution in [2.45, 2.75) is 13.3 Å². The van der Waals surface area contributed by atoms with Crippen LogP contribution in [0, 0.1) is 11.8 Å². The first-order chi connectivity index (χ1) is 9.58. The van der Waals surface area contributed by atoms with E-state index in [0.717, 1.165) is 5.75 Å². The summed E-state index contributed by atoms with van der Waals surface area (Å²) < 4.78 is 5.47. The fraction of sp³-hybridized carbons (Fsp3) is 0.467. The minimum absolute atomic E-state index is 0.0229. The first-order valence-corrected chi connectivity index (χ1v) is 6.76. The van der Waals surface area contributed by atoms with Crippen molar-refractivity contribution < 1.29 is 19.4 Å². The Bertz CT molecular complexity index is 468. The van der Waals surface area contributed by atoms with Crippen molar-refractivity contribution in [2.24, 2.45) is 11.8 Å². The van der Waals surface area contributed by atoms with Crippen LogP contribution in [0.25, 0.3) is 0 Å². The van der Waals surface area contributed by atoms with Crippen molar-refractivity contribution in [1.82, 2.24) is 4.90 Å². The molecule has 1 aliphatic rings. The standard InChI is InChI=1S/C15H19NO4/c1-11(15(18)19)12-9-16(10-12)14(17)7-8-20-13-5-3-2-4-6-13/h2-6,11-12H,7-10H2,1H3,(H,18,19). The lowest BCUT2D eigenvalue weighted by atomic mass is 9.87. The van der Waals surface area contributed by atoms with E-state index in [0.29, 0.717) is 26.1 Å². The molecule has 1 atom stereocenters. The average molecular weight is 277 g/mol. The Kier molecular flexibility index (Phi) is 4.61. The number of hydrogen-bond acceptors (Lipinski definition) is 3. The van der Waals surface area contributed by atoms with Crippen LogP contribution in [0.4, 0.5) is 0 Å². The highest BCUT2D eigenvalue weighted by Crippen LogP contribution is 2.24. The minimum Gasteiger partial charge on any atom is -0.493 e. The second-order valence-corrected chi connectivity index (χ2v) is 5.10. The lowest BCUT2D eigenvalue weighted by Gasteiger charge is -2.41. The average Bonchev–Trinajstić information content (AvgIpc) is 2.38. The van der Waals surface area contributed by atoms with Crippen molar-refractivity contribution in [3.05, 3.63) is 30.3 Å². The van der Waals surface area contributed by atoms with E-state index in [9.17, 15) is 9.59 Å². The fourth-order valence-corrected chi connectivity index (χ4v) is 2.17. The van der Waals surface area contributed by atoms with Crippen LogP contribution in [0.15, 0.2) is 30.3 Å². The van der Waals surface area contributed by atoms with E-state index in [1.807, 2.05) is 30.3 Å². The maximum Gasteiger partial charge on any atom is 0.306 e. The monoisotopic (exact) mass is 277 g/mol. The Morgan fingerprint density at radius 3 is 2.60 bits per heavy atom. The van der Waals surface area contributed by atoms with Crippen LogP contribution >= 0.6 is 0 Å². The zero-order valence-corrected chi connectivity index (χ0v) is 11.5. The van der Waals surface area contributed by atoms with Crippen LogP contribution < -0.4 is 4.74 Å². The summed E-state index contributed by atoms with van der Waals surface area (Å²) in [6.45, 7) is 3.11. The summed E-state index contributed by atoms with van der Waals surface area (Å²) in [5, 5.41) is 8.89. The van der Waals surface area contributed by atoms with Crippen LogP contribution in [0.5, 0.6) is 5.75 Å². The number of rotatable bonds is 6. The Morgan fingerprint density at radius 2 is 2.00 bits per heavy atom. The van der Waals surface area contributed by atoms with Gasteiger partial charge in [0.1, 0.15) is 5.75 Å². The van der Waals surface area contributed by atoms with E-state index in [1.165, 1.54) is 0 Å². The quantitative estimate of drug-likeness (QED) is 0.858. The molecule has 1 amide bonds. The number of carboxylic acid groups (broad SMARTS) is 1. The summed E-state index contributed by atoms with van der Waals surface area (Å²) in [6.07, 6.45) is 0.322. The predicted octanol–water partition coefficient (Wildman–Crippen LogP) is 1.63. The molecule has 0 radical (unpaired) electrons. The Labute approximate surface area is 118 Å². The van der Waals surface area contributed by atoms with Gasteiger partial charge in [-0.25, -0.2) is 0 Å². The molecule has 20 heavy (non-hydrogen) atoms. The number of aliphatic carboxylic acids is 1. The number of amides is 1. The number of carbonyl (C=O) groups is 2. The number of ether oxygens (including phenoxy) is 1. The van der Waals surface area contributed by atoms with Crippen LogP contribution in [0.2, 0.25) is 0 Å². The van der Waals surface area contributed by atoms with Crippen molar-refractivity contribution >= 4 is 11.9 Å². The van der Waals surface area contributed by atoms with Gasteiger partial charge in [-0.2, -0.15) is 0 Å². The molecular weight excluding hydrogens is 258 g/mol. The highest BCUT2D eigenvalue weighted by molar-refractivity contribution is 5.78. The molecule has 1 aromatic carbocycles. The van der Waals surface area contributed by atoms with Crippen molar-refractivity contribution in [1.29, 1.82) is 0 Å². The first-order valence-electron chi connectivity index (χ1n) is 6.76. The SMILES string of the molecule is CC(C(=O)O)C1CN(C(=O)CCOc2ccccc2)C1. The smallest absolute Gasteiger partial charge is 0.306 e. The zero-order valence-electron chi connectivity index (χ0n) is 11.5. The molecule has 0 saturated carbocycles. The van der Waals surface area contributed by atoms with Gasteiger partial charge in [0.2, 0.25) is 5.91 Å². The maximum absolute atomic E-state index is 11.9. The molecule has 0 aromatic heterocycles. The second kappa shape index (κ2) is 6.41. The zero-order chi connectivity index (χ0) is 14.5. The lowest BCUT2D eigenvalue weighted by molar-refractivity contribution is -0.150. The minimum atomic E-state index is -0.797. The topological polar surface area (TPSA) is 66.8 Å². The van der Waals surface area contributed by atoms with Gasteiger partial charge in [0.05, 0.1) is 18.9 Å². The van der Waals surface area contributed by atoms with E-state index in [-0.39, 0.29) is 17.7 Å². The molecule has 0 spiro atoms. The number of nitrogens with zero attached hydrogens (tertiary/aromatic N) is 1. The highest BCUT2D eigenvalue weighted by atomic mass is 16.5. The molecule has 1 saturated heterocycles. The third-order valence-electron chi connectivity index (χ3n) is 3.69. The summed E-state index contributed by atoms with van der Waals surface area (Å²) in [7, 11) is 0. The van der Waals surface area contributed by atoms with Gasteiger partial charge in [0.15, 0.2) is 0 Å². The number of hydrogen-bond donors (Lipinski definition) is 1. The van der Waals surface area contributed by atoms with Gasteiger partial charge in [-0.15, -0.1) is 0 Å². The van der Waals surface area contributed by atoms with E-state index in [1.54, 1.807) is 11.8 Å². The first kappa shape index (κ1) is 14.4. The van der Waals surface area contributed by atoms with Crippen LogP contribution in [0.1, 0.15) is 13.3 Å². The maximum atomic E-state index is 11.9. The van der Waals surface area contributed by atoms with Gasteiger partial charge < -0.3 is 14.7 Å². The Balaban J connectivity index is 1.66. The number of carbonyl (C=O) groups excluding carboxylic acids is 1. The summed E-state index contributed by atoms with van der Waals surface area (Å²) in [4.78, 5) is 24.4. The number of likely N-dealkylation sites (tertiary alicyclic amines) is 1. The van der Waals surface area contributed by atoms with Gasteiger partial charge >= 0.3 is 5.97 Å². The van der Waals surface area contributed by atoms with Crippen LogP contribution in [-0.4, -0.2) is 41.6 Å². The number of carboxylic acids is 1. The molecule has 1 fully saturated rings. The third kappa shape index (κ3) is 3.50. The van der Waals surface area contributed by atoms with Crippen molar-refractivity contribution in [3.63, 3.8) is 0 Å². The molecule has 0 bridgehead atoms. The fourth-order valence-electron chi connectivity index (χ4n) is 2.17. The molecule has 1 aliphatic heterocycles. The van der Waals surface area contributed by atoms with Crippen molar-refractivity contribution in [3.8, 4) is 5.75 Å². The third-order valence-corrected chi connectivity index (χ3v) is 3.69. The second-order valence-electron chi connectivity index (χ2n) is 5.10. The van der Waals surface area contributed by atoms with Gasteiger partial charge in [-0.05, 0) is 12.1 Å². The molecule has 2 rings (SSSR count). The normalized spacial score (nSPS) is 16.4. The van der Waals surface area contributed by atoms with E-state index >= 15 is 0 Å². The van der Waals surface area contributed by atoms with Gasteiger partial charge in [0, 0.05) is 19.0 Å². The summed E-state index contributed by atoms with van der Waals surface area (Å²) in [6, 6.07) is 9.36. The molecule has 1 aromatic rings. The van der Waals surface area contributed by atoms with Crippen LogP contribution in [0.3, 0.4) is 0 Å². The number of benzene rings is 1. The molecule has 5 heteroatoms. The summed E-state index contributed by atoms with van der Waals surface area (Å²) in [5.74, 6) is -0.336. The van der Waals surface area contributed by atoms with E-state index in [4.69, 9.17) is 9.84 Å². The molecule has 1 heterocycles. The Morgan fingerprint density at radius 1 is 1.35 bits per heavy atom. The predicted molar refractivity (Wildman–Crippen MR) is 73.4 cm³/mol. The summed E-state index contributed by atoms with van der Waals surface area (Å²) >= 11 is 0. The van der Waals surface area contributed by atoms with E-state index in [2.05, 4.69) is 0 Å². The number of para-hydroxylation sites is 1. The Hall–Kier alpha value is -2.04. The highest BCUT2D eigenvalue weighted by Gasteiger charge is 2.36. The lowest BCUT2D eigenvalue weighted by Crippen LogP contribution is -2.53. The molecule has 0 aliphatic carbocycles. The van der Waals surface area contributed by atoms with Crippen molar-refractivity contribution in [2.75, 3.05) is 19.7 Å². The van der Waals surface area contributed by atoms with E-state index < -0.39 is 5.97 Å². The largest absolute Gasteiger partial charge is 0.493 e. The molecule has 5 nitrogen and oxygen atoms in total. The molecule has 1 N–H and O–H groups in total. The van der Waals surface area contributed by atoms with Gasteiger partial charge in [-0.3, -0.25) is 9.59 Å². The molecule has 1 unspecified atom stereocenters. The van der Waals surface area contributed by atoms with Gasteiger partial charge in [-0.1, -0.05) is 25.1 Å². The van der Waals surface area contributed by atoms with Gasteiger partial charge in [0.25, 0.3) is 0 Å². The molecule has 108 valence electrons. The van der Waals surface area contributed by atoms with Crippen LogP contribution in [-0.2, 0) is 9.59 Å². The molecular formula is C15H19NO4. The summed E-state index contributed by atoms with van der Waals surface area (Å²) in [5.41, 5.74) is 0.